The molecule has 0 nitrogen and oxygen atoms in total. The summed E-state index contributed by atoms with van der Waals surface area (Å²) in [6.45, 7) is 2.09. The third kappa shape index (κ3) is 4.77. The largest absolute Gasteiger partial charge is 0.107 e. The van der Waals surface area contributed by atoms with E-state index >= 15 is 0 Å². The summed E-state index contributed by atoms with van der Waals surface area (Å²) in [5.41, 5.74) is 4.27. The standard InChI is InChI=1S/C24H17Cl/c1-19-7-5-6-10-24(19)22(15-11-20-8-3-2-4-9-20)16-12-21-13-17-23(25)18-14-21/h2-10,13-14,17-18,22H,1H3. The third-order valence-corrected chi connectivity index (χ3v) is 4.09. The molecular weight excluding hydrogens is 324 g/mol. The summed E-state index contributed by atoms with van der Waals surface area (Å²) < 4.78 is 0. The van der Waals surface area contributed by atoms with Crippen LogP contribution in [-0.4, -0.2) is 0 Å². The van der Waals surface area contributed by atoms with Crippen LogP contribution < -0.4 is 0 Å². The normalized spacial score (nSPS) is 10.8. The Morgan fingerprint density at radius 3 is 1.88 bits per heavy atom. The van der Waals surface area contributed by atoms with Crippen molar-refractivity contribution in [2.24, 2.45) is 0 Å². The van der Waals surface area contributed by atoms with Crippen molar-refractivity contribution < 1.29 is 0 Å². The van der Waals surface area contributed by atoms with Gasteiger partial charge in [0.15, 0.2) is 0 Å². The van der Waals surface area contributed by atoms with Crippen LogP contribution in [-0.2, 0) is 0 Å². The Kier molecular flexibility index (Phi) is 5.58. The molecule has 0 fully saturated rings. The number of hydrogen-bond acceptors (Lipinski definition) is 0. The van der Waals surface area contributed by atoms with Crippen LogP contribution in [0.5, 0.6) is 0 Å². The first-order valence-electron chi connectivity index (χ1n) is 8.11. The van der Waals surface area contributed by atoms with Crippen molar-refractivity contribution in [3.05, 3.63) is 106 Å². The number of halogens is 1. The first kappa shape index (κ1) is 16.9. The van der Waals surface area contributed by atoms with E-state index in [1.165, 1.54) is 5.56 Å². The summed E-state index contributed by atoms with van der Waals surface area (Å²) in [5.74, 6) is 13.0. The molecular formula is C24H17Cl. The fourth-order valence-corrected chi connectivity index (χ4v) is 2.59. The van der Waals surface area contributed by atoms with E-state index in [0.29, 0.717) is 5.02 Å². The predicted molar refractivity (Wildman–Crippen MR) is 106 cm³/mol. The zero-order chi connectivity index (χ0) is 17.5. The van der Waals surface area contributed by atoms with Gasteiger partial charge in [-0.2, -0.15) is 0 Å². The lowest BCUT2D eigenvalue weighted by molar-refractivity contribution is 1.13. The van der Waals surface area contributed by atoms with E-state index in [9.17, 15) is 0 Å². The van der Waals surface area contributed by atoms with Gasteiger partial charge in [0, 0.05) is 16.1 Å². The Morgan fingerprint density at radius 2 is 1.24 bits per heavy atom. The lowest BCUT2D eigenvalue weighted by Gasteiger charge is -2.07. The van der Waals surface area contributed by atoms with Gasteiger partial charge in [0.2, 0.25) is 0 Å². The Bertz CT molecular complexity index is 962. The molecule has 0 aliphatic heterocycles. The van der Waals surface area contributed by atoms with Gasteiger partial charge in [-0.15, -0.1) is 0 Å². The van der Waals surface area contributed by atoms with Crippen LogP contribution in [0.1, 0.15) is 28.2 Å². The molecule has 3 aromatic rings. The first-order chi connectivity index (χ1) is 12.2. The molecule has 0 saturated carbocycles. The maximum Gasteiger partial charge on any atom is 0.107 e. The second-order valence-electron chi connectivity index (χ2n) is 5.70. The summed E-state index contributed by atoms with van der Waals surface area (Å²) in [6.07, 6.45) is 0. The van der Waals surface area contributed by atoms with Crippen molar-refractivity contribution in [1.82, 2.24) is 0 Å². The van der Waals surface area contributed by atoms with Crippen molar-refractivity contribution in [1.29, 1.82) is 0 Å². The molecule has 0 aliphatic carbocycles. The molecule has 1 unspecified atom stereocenters. The Morgan fingerprint density at radius 1 is 0.680 bits per heavy atom. The Hall–Kier alpha value is -2.93. The predicted octanol–water partition coefficient (Wildman–Crippen LogP) is 5.84. The van der Waals surface area contributed by atoms with E-state index < -0.39 is 0 Å². The summed E-state index contributed by atoms with van der Waals surface area (Å²) >= 11 is 5.94. The number of aryl methyl sites for hydroxylation is 1. The van der Waals surface area contributed by atoms with Gasteiger partial charge in [0.25, 0.3) is 0 Å². The van der Waals surface area contributed by atoms with Gasteiger partial charge in [-0.1, -0.05) is 77.7 Å². The highest BCUT2D eigenvalue weighted by molar-refractivity contribution is 6.30. The van der Waals surface area contributed by atoms with E-state index in [4.69, 9.17) is 11.6 Å². The summed E-state index contributed by atoms with van der Waals surface area (Å²) in [5, 5.41) is 0.713. The molecule has 0 saturated heterocycles. The maximum absolute atomic E-state index is 5.94. The minimum atomic E-state index is -0.142. The van der Waals surface area contributed by atoms with Gasteiger partial charge < -0.3 is 0 Å². The van der Waals surface area contributed by atoms with Gasteiger partial charge in [0.05, 0.1) is 0 Å². The Balaban J connectivity index is 1.97. The topological polar surface area (TPSA) is 0 Å². The lowest BCUT2D eigenvalue weighted by Crippen LogP contribution is -1.96. The van der Waals surface area contributed by atoms with E-state index in [1.807, 2.05) is 66.7 Å². The SMILES string of the molecule is Cc1ccccc1C(C#Cc1ccccc1)C#Cc1ccc(Cl)cc1. The van der Waals surface area contributed by atoms with Crippen LogP contribution >= 0.6 is 11.6 Å². The monoisotopic (exact) mass is 340 g/mol. The highest BCUT2D eigenvalue weighted by Gasteiger charge is 2.07. The van der Waals surface area contributed by atoms with Crippen LogP contribution in [0.3, 0.4) is 0 Å². The van der Waals surface area contributed by atoms with Gasteiger partial charge in [-0.25, -0.2) is 0 Å². The fourth-order valence-electron chi connectivity index (χ4n) is 2.47. The molecule has 25 heavy (non-hydrogen) atoms. The molecule has 0 amide bonds. The average Bonchev–Trinajstić information content (AvgIpc) is 2.65. The second kappa shape index (κ2) is 8.25. The molecule has 3 aromatic carbocycles. The van der Waals surface area contributed by atoms with Crippen molar-refractivity contribution >= 4 is 11.6 Å². The molecule has 120 valence electrons. The highest BCUT2D eigenvalue weighted by atomic mass is 35.5. The van der Waals surface area contributed by atoms with Crippen molar-refractivity contribution in [2.45, 2.75) is 12.8 Å². The average molecular weight is 341 g/mol. The highest BCUT2D eigenvalue weighted by Crippen LogP contribution is 2.19. The van der Waals surface area contributed by atoms with Gasteiger partial charge in [-0.3, -0.25) is 0 Å². The molecule has 3 rings (SSSR count). The first-order valence-corrected chi connectivity index (χ1v) is 8.49. The van der Waals surface area contributed by atoms with Crippen LogP contribution in [0.15, 0.2) is 78.9 Å². The molecule has 0 N–H and O–H groups in total. The van der Waals surface area contributed by atoms with Crippen molar-refractivity contribution in [3.8, 4) is 23.7 Å². The van der Waals surface area contributed by atoms with E-state index in [-0.39, 0.29) is 5.92 Å². The molecule has 1 atom stereocenters. The molecule has 0 bridgehead atoms. The number of hydrogen-bond donors (Lipinski definition) is 0. The second-order valence-corrected chi connectivity index (χ2v) is 6.14. The fraction of sp³-hybridized carbons (Fsp3) is 0.0833. The Labute approximate surface area is 154 Å². The maximum atomic E-state index is 5.94. The zero-order valence-electron chi connectivity index (χ0n) is 14.0. The third-order valence-electron chi connectivity index (χ3n) is 3.84. The van der Waals surface area contributed by atoms with E-state index in [1.54, 1.807) is 0 Å². The minimum Gasteiger partial charge on any atom is -0.0843 e. The number of rotatable bonds is 1. The van der Waals surface area contributed by atoms with Crippen LogP contribution in [0.4, 0.5) is 0 Å². The van der Waals surface area contributed by atoms with E-state index in [2.05, 4.69) is 42.7 Å². The smallest absolute Gasteiger partial charge is 0.0843 e. The molecule has 0 spiro atoms. The molecule has 0 heterocycles. The molecule has 0 radical (unpaired) electrons. The summed E-state index contributed by atoms with van der Waals surface area (Å²) in [7, 11) is 0. The van der Waals surface area contributed by atoms with E-state index in [0.717, 1.165) is 16.7 Å². The zero-order valence-corrected chi connectivity index (χ0v) is 14.7. The number of benzene rings is 3. The lowest BCUT2D eigenvalue weighted by atomic mass is 9.95. The van der Waals surface area contributed by atoms with Gasteiger partial charge in [-0.05, 0) is 54.4 Å². The van der Waals surface area contributed by atoms with Crippen LogP contribution in [0.2, 0.25) is 5.02 Å². The van der Waals surface area contributed by atoms with Crippen LogP contribution in [0, 0.1) is 30.6 Å². The quantitative estimate of drug-likeness (QED) is 0.488. The summed E-state index contributed by atoms with van der Waals surface area (Å²) in [4.78, 5) is 0. The van der Waals surface area contributed by atoms with Crippen LogP contribution in [0.25, 0.3) is 0 Å². The summed E-state index contributed by atoms with van der Waals surface area (Å²) in [6, 6.07) is 25.8. The minimum absolute atomic E-state index is 0.142. The molecule has 1 heteroatoms. The van der Waals surface area contributed by atoms with Gasteiger partial charge in [0.1, 0.15) is 5.92 Å². The van der Waals surface area contributed by atoms with Crippen molar-refractivity contribution in [2.75, 3.05) is 0 Å². The molecule has 0 aromatic heterocycles. The molecule has 0 aliphatic rings. The van der Waals surface area contributed by atoms with Crippen molar-refractivity contribution in [3.63, 3.8) is 0 Å². The van der Waals surface area contributed by atoms with Gasteiger partial charge >= 0.3 is 0 Å².